The van der Waals surface area contributed by atoms with Crippen molar-refractivity contribution in [3.8, 4) is 0 Å². The van der Waals surface area contributed by atoms with E-state index in [1.807, 2.05) is 5.48 Å². The summed E-state index contributed by atoms with van der Waals surface area (Å²) in [6.07, 6.45) is 1.58. The molecule has 0 amide bonds. The van der Waals surface area contributed by atoms with Crippen molar-refractivity contribution < 1.29 is 18.8 Å². The van der Waals surface area contributed by atoms with Crippen LogP contribution in [0.4, 0.5) is 5.69 Å². The molecule has 0 fully saturated rings. The van der Waals surface area contributed by atoms with Crippen LogP contribution >= 0.6 is 7.60 Å². The molecule has 0 aromatic carbocycles. The van der Waals surface area contributed by atoms with E-state index in [0.29, 0.717) is 24.6 Å². The quantitative estimate of drug-likeness (QED) is 0.579. The maximum atomic E-state index is 12.3. The van der Waals surface area contributed by atoms with Gasteiger partial charge in [-0.3, -0.25) is 20.2 Å². The summed E-state index contributed by atoms with van der Waals surface area (Å²) in [6.45, 7) is 4.09. The highest BCUT2D eigenvalue weighted by atomic mass is 31.2. The van der Waals surface area contributed by atoms with Crippen LogP contribution in [-0.2, 0) is 19.8 Å². The predicted octanol–water partition coefficient (Wildman–Crippen LogP) is 2.65. The molecule has 2 N–H and O–H groups in total. The van der Waals surface area contributed by atoms with Crippen molar-refractivity contribution in [2.24, 2.45) is 0 Å². The van der Waals surface area contributed by atoms with E-state index in [0.717, 1.165) is 0 Å². The lowest BCUT2D eigenvalue weighted by Gasteiger charge is -2.17. The normalized spacial score (nSPS) is 11.5. The molecule has 1 heterocycles. The SMILES string of the molecule is CCOP(=O)(Cc1ncccc1NO)OCC. The third-order valence-electron chi connectivity index (χ3n) is 2.01. The van der Waals surface area contributed by atoms with Crippen molar-refractivity contribution in [3.05, 3.63) is 24.0 Å². The van der Waals surface area contributed by atoms with E-state index in [1.54, 1.807) is 32.2 Å². The first kappa shape index (κ1) is 14.1. The van der Waals surface area contributed by atoms with Crippen LogP contribution in [0.3, 0.4) is 0 Å². The van der Waals surface area contributed by atoms with Crippen LogP contribution < -0.4 is 5.48 Å². The molecule has 17 heavy (non-hydrogen) atoms. The molecule has 0 bridgehead atoms. The first-order chi connectivity index (χ1) is 8.15. The number of nitrogens with zero attached hydrogens (tertiary/aromatic N) is 1. The fraction of sp³-hybridized carbons (Fsp3) is 0.500. The van der Waals surface area contributed by atoms with Gasteiger partial charge in [0.15, 0.2) is 0 Å². The van der Waals surface area contributed by atoms with Gasteiger partial charge in [0.25, 0.3) is 0 Å². The Bertz CT molecular complexity index is 390. The Morgan fingerprint density at radius 3 is 2.59 bits per heavy atom. The van der Waals surface area contributed by atoms with Crippen molar-refractivity contribution in [2.45, 2.75) is 20.0 Å². The topological polar surface area (TPSA) is 80.7 Å². The smallest absolute Gasteiger partial charge is 0.309 e. The molecular weight excluding hydrogens is 243 g/mol. The summed E-state index contributed by atoms with van der Waals surface area (Å²) in [5, 5.41) is 8.91. The lowest BCUT2D eigenvalue weighted by Crippen LogP contribution is -2.03. The average Bonchev–Trinajstić information content (AvgIpc) is 2.30. The van der Waals surface area contributed by atoms with Gasteiger partial charge in [-0.1, -0.05) is 0 Å². The summed E-state index contributed by atoms with van der Waals surface area (Å²) < 4.78 is 22.6. The summed E-state index contributed by atoms with van der Waals surface area (Å²) in [6, 6.07) is 3.29. The molecule has 0 saturated heterocycles. The Morgan fingerprint density at radius 1 is 1.41 bits per heavy atom. The van der Waals surface area contributed by atoms with E-state index in [2.05, 4.69) is 4.98 Å². The number of hydrogen-bond donors (Lipinski definition) is 2. The van der Waals surface area contributed by atoms with E-state index in [-0.39, 0.29) is 6.16 Å². The maximum Gasteiger partial charge on any atom is 0.336 e. The summed E-state index contributed by atoms with van der Waals surface area (Å²) in [4.78, 5) is 4.04. The second-order valence-electron chi connectivity index (χ2n) is 3.21. The molecule has 0 aliphatic carbocycles. The van der Waals surface area contributed by atoms with Crippen molar-refractivity contribution in [1.82, 2.24) is 4.98 Å². The van der Waals surface area contributed by atoms with Gasteiger partial charge in [0.05, 0.1) is 30.8 Å². The van der Waals surface area contributed by atoms with Gasteiger partial charge in [0.1, 0.15) is 0 Å². The Hall–Kier alpha value is -0.940. The second kappa shape index (κ2) is 6.71. The van der Waals surface area contributed by atoms with Crippen molar-refractivity contribution in [2.75, 3.05) is 18.7 Å². The lowest BCUT2D eigenvalue weighted by molar-refractivity contribution is 0.219. The minimum Gasteiger partial charge on any atom is -0.309 e. The van der Waals surface area contributed by atoms with Crippen LogP contribution in [0.1, 0.15) is 19.5 Å². The molecule has 0 saturated carbocycles. The van der Waals surface area contributed by atoms with Crippen LogP contribution in [0.5, 0.6) is 0 Å². The fourth-order valence-corrected chi connectivity index (χ4v) is 3.03. The molecule has 0 spiro atoms. The van der Waals surface area contributed by atoms with Gasteiger partial charge in [0, 0.05) is 6.20 Å². The zero-order chi connectivity index (χ0) is 12.7. The Balaban J connectivity index is 2.89. The summed E-state index contributed by atoms with van der Waals surface area (Å²) in [5.74, 6) is 0. The predicted molar refractivity (Wildman–Crippen MR) is 64.2 cm³/mol. The van der Waals surface area contributed by atoms with Crippen molar-refractivity contribution >= 4 is 13.3 Å². The number of aromatic nitrogens is 1. The van der Waals surface area contributed by atoms with Crippen molar-refractivity contribution in [1.29, 1.82) is 0 Å². The minimum absolute atomic E-state index is 0.0262. The molecule has 96 valence electrons. The van der Waals surface area contributed by atoms with Crippen LogP contribution in [0.15, 0.2) is 18.3 Å². The van der Waals surface area contributed by atoms with Gasteiger partial charge in [-0.05, 0) is 26.0 Å². The van der Waals surface area contributed by atoms with Crippen molar-refractivity contribution in [3.63, 3.8) is 0 Å². The van der Waals surface area contributed by atoms with Gasteiger partial charge >= 0.3 is 7.60 Å². The Labute approximate surface area is 100 Å². The van der Waals surface area contributed by atoms with Gasteiger partial charge in [0.2, 0.25) is 0 Å². The maximum absolute atomic E-state index is 12.3. The highest BCUT2D eigenvalue weighted by Crippen LogP contribution is 2.51. The largest absolute Gasteiger partial charge is 0.336 e. The third kappa shape index (κ3) is 4.09. The minimum atomic E-state index is -3.19. The van der Waals surface area contributed by atoms with E-state index in [9.17, 15) is 4.57 Å². The molecule has 7 heteroatoms. The standard InChI is InChI=1S/C10H17N2O4P/c1-3-15-17(14,16-4-2)8-10-9(12-13)6-5-7-11-10/h5-7,12-13H,3-4,8H2,1-2H3. The number of rotatable bonds is 7. The lowest BCUT2D eigenvalue weighted by atomic mass is 10.3. The monoisotopic (exact) mass is 260 g/mol. The van der Waals surface area contributed by atoms with Gasteiger partial charge < -0.3 is 9.05 Å². The zero-order valence-corrected chi connectivity index (χ0v) is 10.8. The zero-order valence-electron chi connectivity index (χ0n) is 9.92. The molecule has 0 aliphatic rings. The Kier molecular flexibility index (Phi) is 5.58. The third-order valence-corrected chi connectivity index (χ3v) is 4.00. The Morgan fingerprint density at radius 2 is 2.06 bits per heavy atom. The van der Waals surface area contributed by atoms with E-state index in [4.69, 9.17) is 14.3 Å². The molecular formula is C10H17N2O4P. The highest BCUT2D eigenvalue weighted by molar-refractivity contribution is 7.53. The van der Waals surface area contributed by atoms with Crippen LogP contribution in [0.2, 0.25) is 0 Å². The summed E-state index contributed by atoms with van der Waals surface area (Å²) in [5.41, 5.74) is 2.85. The van der Waals surface area contributed by atoms with Gasteiger partial charge in [-0.2, -0.15) is 0 Å². The highest BCUT2D eigenvalue weighted by Gasteiger charge is 2.26. The molecule has 1 aromatic heterocycles. The number of nitrogens with one attached hydrogen (secondary N) is 1. The molecule has 0 unspecified atom stereocenters. The summed E-state index contributed by atoms with van der Waals surface area (Å²) in [7, 11) is -3.19. The summed E-state index contributed by atoms with van der Waals surface area (Å²) >= 11 is 0. The van der Waals surface area contributed by atoms with E-state index < -0.39 is 7.60 Å². The van der Waals surface area contributed by atoms with Gasteiger partial charge in [-0.25, -0.2) is 0 Å². The van der Waals surface area contributed by atoms with Crippen LogP contribution in [0.25, 0.3) is 0 Å². The number of anilines is 1. The van der Waals surface area contributed by atoms with Gasteiger partial charge in [-0.15, -0.1) is 0 Å². The molecule has 0 radical (unpaired) electrons. The first-order valence-corrected chi connectivity index (χ1v) is 7.10. The molecule has 1 rings (SSSR count). The number of hydrogen-bond acceptors (Lipinski definition) is 6. The number of pyridine rings is 1. The molecule has 6 nitrogen and oxygen atoms in total. The first-order valence-electron chi connectivity index (χ1n) is 5.37. The van der Waals surface area contributed by atoms with E-state index in [1.165, 1.54) is 0 Å². The average molecular weight is 260 g/mol. The van der Waals surface area contributed by atoms with Crippen LogP contribution in [0, 0.1) is 0 Å². The van der Waals surface area contributed by atoms with E-state index >= 15 is 0 Å². The van der Waals surface area contributed by atoms with Crippen LogP contribution in [-0.4, -0.2) is 23.4 Å². The molecule has 1 aromatic rings. The molecule has 0 atom stereocenters. The fourth-order valence-electron chi connectivity index (χ4n) is 1.37. The second-order valence-corrected chi connectivity index (χ2v) is 5.27. The molecule has 0 aliphatic heterocycles.